The minimum Gasteiger partial charge on any atom is -0.478 e. The van der Waals surface area contributed by atoms with E-state index in [0.29, 0.717) is 15.3 Å². The second kappa shape index (κ2) is 6.80. The molecule has 104 valence electrons. The molecular weight excluding hydrogens is 324 g/mol. The van der Waals surface area contributed by atoms with Gasteiger partial charge in [0.05, 0.1) is 5.56 Å². The lowest BCUT2D eigenvalue weighted by atomic mass is 9.87. The van der Waals surface area contributed by atoms with Crippen LogP contribution in [0.1, 0.15) is 49.4 Å². The van der Waals surface area contributed by atoms with Crippen LogP contribution in [0.4, 0.5) is 0 Å². The maximum atomic E-state index is 11.1. The summed E-state index contributed by atoms with van der Waals surface area (Å²) in [7, 11) is 0. The smallest absolute Gasteiger partial charge is 0.336 e. The minimum atomic E-state index is -0.871. The monoisotopic (exact) mass is 342 g/mol. The first-order valence-electron chi connectivity index (χ1n) is 6.79. The zero-order valence-electron chi connectivity index (χ0n) is 11.1. The number of hydrogen-bond donors (Lipinski definition) is 1. The van der Waals surface area contributed by atoms with Crippen LogP contribution in [0, 0.1) is 5.92 Å². The number of thioether (sulfide) groups is 1. The van der Waals surface area contributed by atoms with E-state index in [9.17, 15) is 4.79 Å². The van der Waals surface area contributed by atoms with E-state index in [1.54, 1.807) is 6.07 Å². The Morgan fingerprint density at radius 2 is 2.26 bits per heavy atom. The van der Waals surface area contributed by atoms with Gasteiger partial charge in [0.1, 0.15) is 0 Å². The van der Waals surface area contributed by atoms with Gasteiger partial charge >= 0.3 is 5.97 Å². The largest absolute Gasteiger partial charge is 0.478 e. The molecular formula is C15H19BrO2S. The van der Waals surface area contributed by atoms with Crippen LogP contribution in [0.3, 0.4) is 0 Å². The normalized spacial score (nSPS) is 23.3. The van der Waals surface area contributed by atoms with Gasteiger partial charge in [-0.3, -0.25) is 0 Å². The molecule has 0 radical (unpaired) electrons. The van der Waals surface area contributed by atoms with Gasteiger partial charge in [0.2, 0.25) is 0 Å². The summed E-state index contributed by atoms with van der Waals surface area (Å²) in [6.45, 7) is 2.26. The van der Waals surface area contributed by atoms with E-state index in [-0.39, 0.29) is 0 Å². The van der Waals surface area contributed by atoms with Crippen LogP contribution in [-0.4, -0.2) is 16.3 Å². The lowest BCUT2D eigenvalue weighted by Crippen LogP contribution is -2.16. The fourth-order valence-corrected chi connectivity index (χ4v) is 4.44. The third-order valence-electron chi connectivity index (χ3n) is 3.78. The number of rotatable bonds is 4. The Morgan fingerprint density at radius 3 is 2.95 bits per heavy atom. The van der Waals surface area contributed by atoms with Gasteiger partial charge in [-0.2, -0.15) is 0 Å². The first-order valence-corrected chi connectivity index (χ1v) is 8.47. The molecule has 1 N–H and O–H groups in total. The van der Waals surface area contributed by atoms with Crippen molar-refractivity contribution in [1.29, 1.82) is 0 Å². The van der Waals surface area contributed by atoms with E-state index in [1.165, 1.54) is 32.1 Å². The summed E-state index contributed by atoms with van der Waals surface area (Å²) in [5.41, 5.74) is 0.354. The molecule has 2 unspecified atom stereocenters. The Morgan fingerprint density at radius 1 is 1.47 bits per heavy atom. The summed E-state index contributed by atoms with van der Waals surface area (Å²) in [5.74, 6) is -0.0231. The molecule has 0 aliphatic heterocycles. The highest BCUT2D eigenvalue weighted by Crippen LogP contribution is 2.38. The summed E-state index contributed by atoms with van der Waals surface area (Å²) in [5, 5.41) is 9.78. The lowest BCUT2D eigenvalue weighted by molar-refractivity contribution is 0.0695. The standard InChI is InChI=1S/C15H19BrO2S/c1-2-10-4-3-5-11(8-10)19-12-6-7-14(16)13(9-12)15(17)18/h6-7,9-11H,2-5,8H2,1H3,(H,17,18). The van der Waals surface area contributed by atoms with Gasteiger partial charge in [-0.15, -0.1) is 11.8 Å². The molecule has 0 amide bonds. The Labute approximate surface area is 127 Å². The molecule has 4 heteroatoms. The fraction of sp³-hybridized carbons (Fsp3) is 0.533. The van der Waals surface area contributed by atoms with Crippen LogP contribution < -0.4 is 0 Å². The molecule has 1 aliphatic rings. The van der Waals surface area contributed by atoms with Crippen LogP contribution in [0.25, 0.3) is 0 Å². The minimum absolute atomic E-state index is 0.354. The van der Waals surface area contributed by atoms with E-state index in [2.05, 4.69) is 22.9 Å². The summed E-state index contributed by atoms with van der Waals surface area (Å²) >= 11 is 5.13. The Hall–Kier alpha value is -0.480. The zero-order valence-corrected chi connectivity index (χ0v) is 13.5. The summed E-state index contributed by atoms with van der Waals surface area (Å²) in [6, 6.07) is 5.63. The molecule has 1 aromatic carbocycles. The molecule has 2 rings (SSSR count). The van der Waals surface area contributed by atoms with Crippen molar-refractivity contribution in [2.75, 3.05) is 0 Å². The first-order chi connectivity index (χ1) is 9.10. The van der Waals surface area contributed by atoms with E-state index < -0.39 is 5.97 Å². The molecule has 1 fully saturated rings. The summed E-state index contributed by atoms with van der Waals surface area (Å²) < 4.78 is 0.652. The molecule has 1 aliphatic carbocycles. The number of aromatic carboxylic acids is 1. The second-order valence-corrected chi connectivity index (χ2v) is 7.36. The topological polar surface area (TPSA) is 37.3 Å². The number of carboxylic acid groups (broad SMARTS) is 1. The fourth-order valence-electron chi connectivity index (χ4n) is 2.65. The number of carbonyl (C=O) groups is 1. The molecule has 0 aromatic heterocycles. The lowest BCUT2D eigenvalue weighted by Gasteiger charge is -2.28. The highest BCUT2D eigenvalue weighted by atomic mass is 79.9. The first kappa shape index (κ1) is 14.9. The molecule has 19 heavy (non-hydrogen) atoms. The van der Waals surface area contributed by atoms with E-state index in [0.717, 1.165) is 10.8 Å². The maximum absolute atomic E-state index is 11.1. The molecule has 2 atom stereocenters. The summed E-state index contributed by atoms with van der Waals surface area (Å²) in [6.07, 6.45) is 6.43. The van der Waals surface area contributed by atoms with Gasteiger partial charge in [0.25, 0.3) is 0 Å². The van der Waals surface area contributed by atoms with E-state index in [1.807, 2.05) is 23.9 Å². The van der Waals surface area contributed by atoms with Crippen molar-refractivity contribution < 1.29 is 9.90 Å². The predicted molar refractivity (Wildman–Crippen MR) is 83.0 cm³/mol. The molecule has 0 heterocycles. The van der Waals surface area contributed by atoms with Crippen LogP contribution in [0.2, 0.25) is 0 Å². The van der Waals surface area contributed by atoms with Gasteiger partial charge in [-0.25, -0.2) is 4.79 Å². The molecule has 1 aromatic rings. The van der Waals surface area contributed by atoms with Gasteiger partial charge in [0, 0.05) is 14.6 Å². The number of benzene rings is 1. The highest BCUT2D eigenvalue weighted by Gasteiger charge is 2.22. The van der Waals surface area contributed by atoms with Gasteiger partial charge < -0.3 is 5.11 Å². The number of halogens is 1. The quantitative estimate of drug-likeness (QED) is 0.816. The van der Waals surface area contributed by atoms with Crippen molar-refractivity contribution in [3.63, 3.8) is 0 Å². The Balaban J connectivity index is 2.06. The van der Waals surface area contributed by atoms with E-state index in [4.69, 9.17) is 5.11 Å². The average molecular weight is 343 g/mol. The zero-order chi connectivity index (χ0) is 13.8. The molecule has 1 saturated carbocycles. The van der Waals surface area contributed by atoms with Crippen molar-refractivity contribution in [3.8, 4) is 0 Å². The van der Waals surface area contributed by atoms with Crippen molar-refractivity contribution in [2.24, 2.45) is 5.92 Å². The molecule has 0 spiro atoms. The number of carboxylic acids is 1. The maximum Gasteiger partial charge on any atom is 0.336 e. The van der Waals surface area contributed by atoms with Crippen LogP contribution >= 0.6 is 27.7 Å². The third kappa shape index (κ3) is 3.99. The van der Waals surface area contributed by atoms with Crippen molar-refractivity contribution in [2.45, 2.75) is 49.2 Å². The van der Waals surface area contributed by atoms with Crippen LogP contribution in [0.15, 0.2) is 27.6 Å². The molecule has 0 saturated heterocycles. The van der Waals surface area contributed by atoms with Crippen molar-refractivity contribution >= 4 is 33.7 Å². The van der Waals surface area contributed by atoms with Gasteiger partial charge in [-0.1, -0.05) is 26.2 Å². The Kier molecular flexibility index (Phi) is 5.34. The van der Waals surface area contributed by atoms with Crippen molar-refractivity contribution in [3.05, 3.63) is 28.2 Å². The number of hydrogen-bond acceptors (Lipinski definition) is 2. The average Bonchev–Trinajstić information content (AvgIpc) is 2.41. The van der Waals surface area contributed by atoms with Crippen LogP contribution in [0.5, 0.6) is 0 Å². The van der Waals surface area contributed by atoms with Gasteiger partial charge in [0.15, 0.2) is 0 Å². The Bertz CT molecular complexity index is 461. The molecule has 0 bridgehead atoms. The SMILES string of the molecule is CCC1CCCC(Sc2ccc(Br)c(C(=O)O)c2)C1. The van der Waals surface area contributed by atoms with E-state index >= 15 is 0 Å². The van der Waals surface area contributed by atoms with Crippen LogP contribution in [-0.2, 0) is 0 Å². The van der Waals surface area contributed by atoms with Crippen molar-refractivity contribution in [1.82, 2.24) is 0 Å². The highest BCUT2D eigenvalue weighted by molar-refractivity contribution is 9.10. The second-order valence-electron chi connectivity index (χ2n) is 5.13. The van der Waals surface area contributed by atoms with Gasteiger partial charge in [-0.05, 0) is 52.9 Å². The third-order valence-corrected chi connectivity index (χ3v) is 5.76. The molecule has 2 nitrogen and oxygen atoms in total. The predicted octanol–water partition coefficient (Wildman–Crippen LogP) is 5.21. The summed E-state index contributed by atoms with van der Waals surface area (Å²) in [4.78, 5) is 12.2.